The van der Waals surface area contributed by atoms with E-state index in [1.54, 1.807) is 18.6 Å². The van der Waals surface area contributed by atoms with E-state index in [2.05, 4.69) is 22.5 Å². The first-order valence-corrected chi connectivity index (χ1v) is 7.27. The number of nitrogens with zero attached hydrogens (tertiary/aromatic N) is 1. The Kier molecular flexibility index (Phi) is 5.37. The first-order valence-electron chi connectivity index (χ1n) is 7.27. The van der Waals surface area contributed by atoms with Gasteiger partial charge in [0.05, 0.1) is 12.5 Å². The average Bonchev–Trinajstić information content (AvgIpc) is 2.98. The van der Waals surface area contributed by atoms with E-state index in [0.717, 1.165) is 36.5 Å². The van der Waals surface area contributed by atoms with E-state index >= 15 is 0 Å². The van der Waals surface area contributed by atoms with E-state index in [4.69, 9.17) is 4.42 Å². The molecule has 2 aromatic rings. The zero-order valence-corrected chi connectivity index (χ0v) is 12.5. The normalized spacial score (nSPS) is 10.4. The molecule has 0 spiro atoms. The minimum atomic E-state index is -0.102. The molecule has 0 saturated carbocycles. The van der Waals surface area contributed by atoms with E-state index in [0.29, 0.717) is 12.1 Å². The summed E-state index contributed by atoms with van der Waals surface area (Å²) in [6, 6.07) is 5.47. The number of furan rings is 1. The van der Waals surface area contributed by atoms with Gasteiger partial charge in [0.25, 0.3) is 5.91 Å². The molecule has 2 rings (SSSR count). The van der Waals surface area contributed by atoms with Crippen molar-refractivity contribution in [1.29, 1.82) is 0 Å². The Morgan fingerprint density at radius 3 is 2.86 bits per heavy atom. The Morgan fingerprint density at radius 2 is 2.19 bits per heavy atom. The van der Waals surface area contributed by atoms with Crippen LogP contribution in [0, 0.1) is 0 Å². The lowest BCUT2D eigenvalue weighted by Crippen LogP contribution is -2.23. The van der Waals surface area contributed by atoms with Crippen molar-refractivity contribution in [3.8, 4) is 0 Å². The monoisotopic (exact) mass is 287 g/mol. The van der Waals surface area contributed by atoms with Crippen molar-refractivity contribution in [2.24, 2.45) is 0 Å². The molecule has 0 aliphatic rings. The van der Waals surface area contributed by atoms with Crippen LogP contribution < -0.4 is 10.6 Å². The Bertz CT molecular complexity index is 555. The summed E-state index contributed by atoms with van der Waals surface area (Å²) in [4.78, 5) is 16.8. The molecule has 0 radical (unpaired) electrons. The number of hydrogen-bond acceptors (Lipinski definition) is 4. The molecule has 0 fully saturated rings. The van der Waals surface area contributed by atoms with Gasteiger partial charge in [-0.25, -0.2) is 4.98 Å². The predicted octanol–water partition coefficient (Wildman–Crippen LogP) is 2.99. The number of amides is 1. The summed E-state index contributed by atoms with van der Waals surface area (Å²) < 4.78 is 4.98. The summed E-state index contributed by atoms with van der Waals surface area (Å²) in [7, 11) is 0. The number of pyridine rings is 1. The van der Waals surface area contributed by atoms with Gasteiger partial charge in [-0.3, -0.25) is 4.79 Å². The van der Waals surface area contributed by atoms with Gasteiger partial charge in [-0.05, 0) is 31.5 Å². The SMILES string of the molecule is CCCc1cc(C(=O)NCc2ccoc2)cc(NCC)n1. The maximum Gasteiger partial charge on any atom is 0.251 e. The number of carbonyl (C=O) groups excluding carboxylic acids is 1. The average molecular weight is 287 g/mol. The molecule has 2 heterocycles. The first kappa shape index (κ1) is 15.1. The zero-order valence-electron chi connectivity index (χ0n) is 12.5. The van der Waals surface area contributed by atoms with Crippen LogP contribution in [0.5, 0.6) is 0 Å². The second-order valence-corrected chi connectivity index (χ2v) is 4.83. The number of rotatable bonds is 7. The van der Waals surface area contributed by atoms with Crippen LogP contribution in [-0.4, -0.2) is 17.4 Å². The van der Waals surface area contributed by atoms with Crippen molar-refractivity contribution in [1.82, 2.24) is 10.3 Å². The summed E-state index contributed by atoms with van der Waals surface area (Å²) in [5.74, 6) is 0.645. The quantitative estimate of drug-likeness (QED) is 0.821. The number of anilines is 1. The molecule has 21 heavy (non-hydrogen) atoms. The van der Waals surface area contributed by atoms with E-state index < -0.39 is 0 Å². The van der Waals surface area contributed by atoms with Gasteiger partial charge >= 0.3 is 0 Å². The second kappa shape index (κ2) is 7.47. The van der Waals surface area contributed by atoms with Gasteiger partial charge in [-0.15, -0.1) is 0 Å². The van der Waals surface area contributed by atoms with Crippen LogP contribution in [0.25, 0.3) is 0 Å². The molecule has 0 saturated heterocycles. The predicted molar refractivity (Wildman–Crippen MR) is 82.3 cm³/mol. The highest BCUT2D eigenvalue weighted by Crippen LogP contribution is 2.12. The van der Waals surface area contributed by atoms with Crippen molar-refractivity contribution in [2.45, 2.75) is 33.2 Å². The fraction of sp³-hybridized carbons (Fsp3) is 0.375. The summed E-state index contributed by atoms with van der Waals surface area (Å²) in [6.07, 6.45) is 5.08. The van der Waals surface area contributed by atoms with Crippen LogP contribution >= 0.6 is 0 Å². The van der Waals surface area contributed by atoms with Crippen molar-refractivity contribution in [3.05, 3.63) is 47.5 Å². The van der Waals surface area contributed by atoms with Crippen molar-refractivity contribution in [2.75, 3.05) is 11.9 Å². The molecule has 5 nitrogen and oxygen atoms in total. The lowest BCUT2D eigenvalue weighted by molar-refractivity contribution is 0.0950. The van der Waals surface area contributed by atoms with E-state index in [-0.39, 0.29) is 5.91 Å². The highest BCUT2D eigenvalue weighted by molar-refractivity contribution is 5.95. The number of carbonyl (C=O) groups is 1. The van der Waals surface area contributed by atoms with Crippen molar-refractivity contribution < 1.29 is 9.21 Å². The standard InChI is InChI=1S/C16H21N3O2/c1-3-5-14-8-13(9-15(19-14)17-4-2)16(20)18-10-12-6-7-21-11-12/h6-9,11H,3-5,10H2,1-2H3,(H,17,19)(H,18,20). The minimum absolute atomic E-state index is 0.102. The highest BCUT2D eigenvalue weighted by atomic mass is 16.3. The molecular formula is C16H21N3O2. The van der Waals surface area contributed by atoms with Crippen LogP contribution in [0.15, 0.2) is 35.1 Å². The van der Waals surface area contributed by atoms with Crippen LogP contribution in [0.1, 0.15) is 41.9 Å². The Labute approximate surface area is 124 Å². The van der Waals surface area contributed by atoms with Gasteiger partial charge in [0.2, 0.25) is 0 Å². The second-order valence-electron chi connectivity index (χ2n) is 4.83. The summed E-state index contributed by atoms with van der Waals surface area (Å²) >= 11 is 0. The fourth-order valence-corrected chi connectivity index (χ4v) is 2.05. The maximum atomic E-state index is 12.3. The van der Waals surface area contributed by atoms with Crippen LogP contribution in [0.2, 0.25) is 0 Å². The molecular weight excluding hydrogens is 266 g/mol. The van der Waals surface area contributed by atoms with Gasteiger partial charge < -0.3 is 15.1 Å². The van der Waals surface area contributed by atoms with Crippen LogP contribution in [0.4, 0.5) is 5.82 Å². The third kappa shape index (κ3) is 4.34. The zero-order chi connectivity index (χ0) is 15.1. The minimum Gasteiger partial charge on any atom is -0.472 e. The van der Waals surface area contributed by atoms with Gasteiger partial charge in [-0.2, -0.15) is 0 Å². The van der Waals surface area contributed by atoms with Gasteiger partial charge in [0, 0.05) is 29.9 Å². The van der Waals surface area contributed by atoms with Crippen molar-refractivity contribution >= 4 is 11.7 Å². The topological polar surface area (TPSA) is 67.2 Å². The first-order chi connectivity index (χ1) is 10.2. The molecule has 0 aromatic carbocycles. The summed E-state index contributed by atoms with van der Waals surface area (Å²) in [5.41, 5.74) is 2.51. The summed E-state index contributed by atoms with van der Waals surface area (Å²) in [5, 5.41) is 6.05. The van der Waals surface area contributed by atoms with E-state index in [1.165, 1.54) is 0 Å². The smallest absolute Gasteiger partial charge is 0.251 e. The van der Waals surface area contributed by atoms with E-state index in [1.807, 2.05) is 19.1 Å². The highest BCUT2D eigenvalue weighted by Gasteiger charge is 2.10. The Balaban J connectivity index is 2.10. The number of aromatic nitrogens is 1. The lowest BCUT2D eigenvalue weighted by Gasteiger charge is -2.09. The maximum absolute atomic E-state index is 12.3. The lowest BCUT2D eigenvalue weighted by atomic mass is 10.1. The van der Waals surface area contributed by atoms with Crippen LogP contribution in [0.3, 0.4) is 0 Å². The van der Waals surface area contributed by atoms with Gasteiger partial charge in [0.15, 0.2) is 0 Å². The molecule has 1 amide bonds. The molecule has 0 atom stereocenters. The molecule has 2 N–H and O–H groups in total. The van der Waals surface area contributed by atoms with E-state index in [9.17, 15) is 4.79 Å². The Morgan fingerprint density at radius 1 is 1.33 bits per heavy atom. The molecule has 2 aromatic heterocycles. The fourth-order valence-electron chi connectivity index (χ4n) is 2.05. The third-order valence-electron chi connectivity index (χ3n) is 3.04. The summed E-state index contributed by atoms with van der Waals surface area (Å²) in [6.45, 7) is 5.34. The molecule has 0 aliphatic heterocycles. The van der Waals surface area contributed by atoms with Crippen molar-refractivity contribution in [3.63, 3.8) is 0 Å². The number of aryl methyl sites for hydroxylation is 1. The Hall–Kier alpha value is -2.30. The van der Waals surface area contributed by atoms with Gasteiger partial charge in [-0.1, -0.05) is 13.3 Å². The van der Waals surface area contributed by atoms with Crippen LogP contribution in [-0.2, 0) is 13.0 Å². The number of hydrogen-bond donors (Lipinski definition) is 2. The molecule has 5 heteroatoms. The molecule has 0 bridgehead atoms. The number of nitrogens with one attached hydrogen (secondary N) is 2. The van der Waals surface area contributed by atoms with Gasteiger partial charge in [0.1, 0.15) is 5.82 Å². The largest absolute Gasteiger partial charge is 0.472 e. The molecule has 0 aliphatic carbocycles. The third-order valence-corrected chi connectivity index (χ3v) is 3.04. The molecule has 112 valence electrons. The molecule has 0 unspecified atom stereocenters.